The van der Waals surface area contributed by atoms with Crippen molar-refractivity contribution in [3.8, 4) is 0 Å². The van der Waals surface area contributed by atoms with Crippen molar-refractivity contribution in [3.63, 3.8) is 0 Å². The Morgan fingerprint density at radius 2 is 1.74 bits per heavy atom. The van der Waals surface area contributed by atoms with Crippen LogP contribution in [0.5, 0.6) is 0 Å². The molecule has 164 valence electrons. The van der Waals surface area contributed by atoms with E-state index in [1.165, 1.54) is 25.7 Å². The molecule has 5 heteroatoms. The Balaban J connectivity index is 1.57. The molecule has 5 rings (SSSR count). The largest absolute Gasteiger partial charge is 0.467 e. The van der Waals surface area contributed by atoms with Gasteiger partial charge in [0.1, 0.15) is 5.76 Å². The molecule has 0 saturated heterocycles. The maximum absolute atomic E-state index is 13.9. The first-order valence-electron chi connectivity index (χ1n) is 11.9. The minimum absolute atomic E-state index is 0.0130. The first-order valence-corrected chi connectivity index (χ1v) is 11.9. The first kappa shape index (κ1) is 20.3. The second kappa shape index (κ2) is 8.52. The van der Waals surface area contributed by atoms with Crippen molar-refractivity contribution < 1.29 is 14.0 Å². The van der Waals surface area contributed by atoms with Crippen LogP contribution in [0.2, 0.25) is 0 Å². The average molecular weight is 421 g/mol. The van der Waals surface area contributed by atoms with Gasteiger partial charge in [-0.1, -0.05) is 56.7 Å². The Kier molecular flexibility index (Phi) is 5.59. The lowest BCUT2D eigenvalue weighted by Gasteiger charge is -2.57. The van der Waals surface area contributed by atoms with Gasteiger partial charge in [-0.05, 0) is 49.4 Å². The summed E-state index contributed by atoms with van der Waals surface area (Å²) in [6.07, 6.45) is 12.4. The van der Waals surface area contributed by atoms with Crippen LogP contribution in [0, 0.1) is 0 Å². The van der Waals surface area contributed by atoms with Gasteiger partial charge in [-0.3, -0.25) is 9.59 Å². The minimum atomic E-state index is -0.418. The molecule has 31 heavy (non-hydrogen) atoms. The fourth-order valence-electron chi connectivity index (χ4n) is 6.34. The van der Waals surface area contributed by atoms with Crippen LogP contribution in [0.1, 0.15) is 91.8 Å². The summed E-state index contributed by atoms with van der Waals surface area (Å²) in [5, 5.41) is 3.13. The van der Waals surface area contributed by atoms with E-state index in [-0.39, 0.29) is 23.8 Å². The van der Waals surface area contributed by atoms with Gasteiger partial charge in [0.25, 0.3) is 5.91 Å². The first-order chi connectivity index (χ1) is 15.2. The third-order valence-electron chi connectivity index (χ3n) is 7.68. The van der Waals surface area contributed by atoms with Gasteiger partial charge in [0.2, 0.25) is 5.91 Å². The summed E-state index contributed by atoms with van der Waals surface area (Å²) in [4.78, 5) is 29.9. The lowest BCUT2D eigenvalue weighted by Crippen LogP contribution is -2.65. The molecular formula is C26H32N2O3. The lowest BCUT2D eigenvalue weighted by atomic mass is 9.64. The van der Waals surface area contributed by atoms with E-state index in [0.717, 1.165) is 49.8 Å². The number of nitrogens with zero attached hydrogens (tertiary/aromatic N) is 1. The second-order valence-electron chi connectivity index (χ2n) is 9.45. The van der Waals surface area contributed by atoms with Crippen LogP contribution >= 0.6 is 0 Å². The van der Waals surface area contributed by atoms with Gasteiger partial charge in [0, 0.05) is 11.6 Å². The molecule has 1 aliphatic heterocycles. The zero-order valence-electron chi connectivity index (χ0n) is 18.1. The SMILES string of the molecule is O=C(NCc1ccco1)[C@H]1c2ccccc2C(=O)N(C2CCCCC2)C12CCCCC2. The highest BCUT2D eigenvalue weighted by atomic mass is 16.3. The smallest absolute Gasteiger partial charge is 0.254 e. The van der Waals surface area contributed by atoms with E-state index in [9.17, 15) is 9.59 Å². The molecule has 3 aliphatic rings. The van der Waals surface area contributed by atoms with E-state index in [4.69, 9.17) is 4.42 Å². The van der Waals surface area contributed by atoms with Crippen molar-refractivity contribution in [2.75, 3.05) is 0 Å². The van der Waals surface area contributed by atoms with E-state index in [1.807, 2.05) is 36.4 Å². The summed E-state index contributed by atoms with van der Waals surface area (Å²) >= 11 is 0. The molecule has 2 saturated carbocycles. The monoisotopic (exact) mass is 420 g/mol. The fourth-order valence-corrected chi connectivity index (χ4v) is 6.34. The van der Waals surface area contributed by atoms with Crippen molar-refractivity contribution in [3.05, 3.63) is 59.5 Å². The highest BCUT2D eigenvalue weighted by Gasteiger charge is 2.56. The Morgan fingerprint density at radius 1 is 1.00 bits per heavy atom. The fraction of sp³-hybridized carbons (Fsp3) is 0.538. The van der Waals surface area contributed by atoms with Crippen molar-refractivity contribution in [1.82, 2.24) is 10.2 Å². The Morgan fingerprint density at radius 3 is 2.48 bits per heavy atom. The predicted octanol–water partition coefficient (Wildman–Crippen LogP) is 5.17. The molecule has 2 fully saturated rings. The number of benzene rings is 1. The van der Waals surface area contributed by atoms with Gasteiger partial charge in [-0.2, -0.15) is 0 Å². The summed E-state index contributed by atoms with van der Waals surface area (Å²) in [7, 11) is 0. The number of fused-ring (bicyclic) bond motifs is 1. The van der Waals surface area contributed by atoms with E-state index in [1.54, 1.807) is 6.26 Å². The van der Waals surface area contributed by atoms with Crippen LogP contribution in [-0.2, 0) is 11.3 Å². The van der Waals surface area contributed by atoms with Crippen LogP contribution in [-0.4, -0.2) is 28.3 Å². The molecule has 2 aliphatic carbocycles. The number of amides is 2. The number of hydrogen-bond acceptors (Lipinski definition) is 3. The number of nitrogens with one attached hydrogen (secondary N) is 1. The summed E-state index contributed by atoms with van der Waals surface area (Å²) < 4.78 is 5.43. The highest BCUT2D eigenvalue weighted by molar-refractivity contribution is 6.02. The molecule has 0 radical (unpaired) electrons. The number of rotatable bonds is 4. The quantitative estimate of drug-likeness (QED) is 0.742. The van der Waals surface area contributed by atoms with Crippen molar-refractivity contribution in [2.45, 2.75) is 88.3 Å². The maximum Gasteiger partial charge on any atom is 0.254 e. The van der Waals surface area contributed by atoms with Gasteiger partial charge in [-0.25, -0.2) is 0 Å². The summed E-state index contributed by atoms with van der Waals surface area (Å²) in [6, 6.07) is 11.8. The Labute approximate surface area is 184 Å². The van der Waals surface area contributed by atoms with E-state index >= 15 is 0 Å². The minimum Gasteiger partial charge on any atom is -0.467 e. The van der Waals surface area contributed by atoms with E-state index < -0.39 is 5.54 Å². The molecular weight excluding hydrogens is 388 g/mol. The van der Waals surface area contributed by atoms with Crippen LogP contribution in [0.15, 0.2) is 47.1 Å². The van der Waals surface area contributed by atoms with Crippen molar-refractivity contribution in [2.24, 2.45) is 0 Å². The zero-order valence-corrected chi connectivity index (χ0v) is 18.1. The molecule has 1 aromatic carbocycles. The molecule has 2 heterocycles. The maximum atomic E-state index is 13.9. The van der Waals surface area contributed by atoms with Gasteiger partial charge in [0.05, 0.1) is 24.3 Å². The van der Waals surface area contributed by atoms with E-state index in [0.29, 0.717) is 12.1 Å². The normalized spacial score (nSPS) is 23.5. The van der Waals surface area contributed by atoms with E-state index in [2.05, 4.69) is 10.2 Å². The topological polar surface area (TPSA) is 62.6 Å². The van der Waals surface area contributed by atoms with Crippen LogP contribution in [0.4, 0.5) is 0 Å². The van der Waals surface area contributed by atoms with Gasteiger partial charge in [-0.15, -0.1) is 0 Å². The second-order valence-corrected chi connectivity index (χ2v) is 9.45. The molecule has 2 aromatic rings. The summed E-state index contributed by atoms with van der Waals surface area (Å²) in [5.41, 5.74) is 1.19. The zero-order chi connectivity index (χ0) is 21.3. The van der Waals surface area contributed by atoms with Crippen LogP contribution in [0.3, 0.4) is 0 Å². The summed E-state index contributed by atoms with van der Waals surface area (Å²) in [6.45, 7) is 0.373. The number of furan rings is 1. The summed E-state index contributed by atoms with van der Waals surface area (Å²) in [5.74, 6) is 0.562. The number of hydrogen-bond donors (Lipinski definition) is 1. The molecule has 0 bridgehead atoms. The lowest BCUT2D eigenvalue weighted by molar-refractivity contribution is -0.128. The van der Waals surface area contributed by atoms with Crippen LogP contribution in [0.25, 0.3) is 0 Å². The Bertz CT molecular complexity index is 924. The molecule has 5 nitrogen and oxygen atoms in total. The van der Waals surface area contributed by atoms with Gasteiger partial charge in [0.15, 0.2) is 0 Å². The van der Waals surface area contributed by atoms with Crippen molar-refractivity contribution >= 4 is 11.8 Å². The van der Waals surface area contributed by atoms with Gasteiger partial charge < -0.3 is 14.6 Å². The average Bonchev–Trinajstić information content (AvgIpc) is 3.33. The molecule has 1 aromatic heterocycles. The standard InChI is InChI=1S/C26H32N2O3/c29-24(27-18-20-12-9-17-31-20)23-21-13-5-6-14-22(21)25(30)28(19-10-3-1-4-11-19)26(23)15-7-2-8-16-26/h5-6,9,12-14,17,19,23H,1-4,7-8,10-11,15-16,18H2,(H,27,29)/t23-/m1/s1. The Hall–Kier alpha value is -2.56. The van der Waals surface area contributed by atoms with Gasteiger partial charge >= 0.3 is 0 Å². The molecule has 2 amide bonds. The highest BCUT2D eigenvalue weighted by Crippen LogP contribution is 2.51. The van der Waals surface area contributed by atoms with Crippen molar-refractivity contribution in [1.29, 1.82) is 0 Å². The van der Waals surface area contributed by atoms with Crippen LogP contribution < -0.4 is 5.32 Å². The molecule has 1 N–H and O–H groups in total. The third-order valence-corrected chi connectivity index (χ3v) is 7.68. The number of carbonyl (C=O) groups excluding carboxylic acids is 2. The third kappa shape index (κ3) is 3.58. The predicted molar refractivity (Wildman–Crippen MR) is 119 cm³/mol. The number of carbonyl (C=O) groups is 2. The molecule has 1 atom stereocenters. The molecule has 0 unspecified atom stereocenters. The molecule has 1 spiro atoms.